The molecule has 0 saturated heterocycles. The molecule has 1 heterocycles. The standard InChI is InChI=1S/C8H12ClN3O/c1-2-6(9)5-10-8(13)7-3-4-11-12-7/h3-4,6H,2,5H2,1H3,(H,10,13)(H,11,12). The number of H-pyrrole nitrogens is 1. The van der Waals surface area contributed by atoms with Crippen molar-refractivity contribution in [3.63, 3.8) is 0 Å². The zero-order valence-corrected chi connectivity index (χ0v) is 8.14. The minimum atomic E-state index is -0.170. The number of nitrogens with zero attached hydrogens (tertiary/aromatic N) is 1. The summed E-state index contributed by atoms with van der Waals surface area (Å²) in [7, 11) is 0. The van der Waals surface area contributed by atoms with E-state index in [1.165, 1.54) is 6.20 Å². The van der Waals surface area contributed by atoms with Gasteiger partial charge < -0.3 is 5.32 Å². The normalized spacial score (nSPS) is 12.5. The molecular weight excluding hydrogens is 190 g/mol. The molecular formula is C8H12ClN3O. The lowest BCUT2D eigenvalue weighted by molar-refractivity contribution is 0.0948. The minimum Gasteiger partial charge on any atom is -0.349 e. The fourth-order valence-electron chi connectivity index (χ4n) is 0.825. The van der Waals surface area contributed by atoms with Gasteiger partial charge in [-0.05, 0) is 12.5 Å². The van der Waals surface area contributed by atoms with E-state index in [2.05, 4.69) is 15.5 Å². The van der Waals surface area contributed by atoms with Crippen LogP contribution in [0.15, 0.2) is 12.3 Å². The molecule has 0 saturated carbocycles. The summed E-state index contributed by atoms with van der Waals surface area (Å²) in [6.45, 7) is 2.45. The van der Waals surface area contributed by atoms with Gasteiger partial charge in [-0.1, -0.05) is 6.92 Å². The lowest BCUT2D eigenvalue weighted by Crippen LogP contribution is -2.29. The summed E-state index contributed by atoms with van der Waals surface area (Å²) < 4.78 is 0. The summed E-state index contributed by atoms with van der Waals surface area (Å²) in [4.78, 5) is 11.3. The van der Waals surface area contributed by atoms with E-state index in [0.29, 0.717) is 12.2 Å². The maximum Gasteiger partial charge on any atom is 0.269 e. The Hall–Kier alpha value is -1.03. The van der Waals surface area contributed by atoms with Crippen molar-refractivity contribution in [2.45, 2.75) is 18.7 Å². The Morgan fingerprint density at radius 3 is 3.15 bits per heavy atom. The summed E-state index contributed by atoms with van der Waals surface area (Å²) in [5.74, 6) is -0.170. The summed E-state index contributed by atoms with van der Waals surface area (Å²) in [5.41, 5.74) is 0.458. The fraction of sp³-hybridized carbons (Fsp3) is 0.500. The van der Waals surface area contributed by atoms with E-state index in [1.54, 1.807) is 6.07 Å². The van der Waals surface area contributed by atoms with Crippen LogP contribution in [-0.2, 0) is 0 Å². The SMILES string of the molecule is CCC(Cl)CNC(=O)c1ccn[nH]1. The molecule has 1 rings (SSSR count). The van der Waals surface area contributed by atoms with E-state index in [4.69, 9.17) is 11.6 Å². The highest BCUT2D eigenvalue weighted by Crippen LogP contribution is 1.99. The number of rotatable bonds is 4. The van der Waals surface area contributed by atoms with Gasteiger partial charge in [0.15, 0.2) is 0 Å². The molecule has 1 unspecified atom stereocenters. The zero-order valence-electron chi connectivity index (χ0n) is 7.38. The third kappa shape index (κ3) is 3.06. The molecule has 13 heavy (non-hydrogen) atoms. The van der Waals surface area contributed by atoms with Crippen molar-refractivity contribution in [3.8, 4) is 0 Å². The molecule has 0 radical (unpaired) electrons. The number of hydrogen-bond donors (Lipinski definition) is 2. The van der Waals surface area contributed by atoms with Crippen LogP contribution in [0.3, 0.4) is 0 Å². The maximum atomic E-state index is 11.3. The van der Waals surface area contributed by atoms with Crippen molar-refractivity contribution in [1.82, 2.24) is 15.5 Å². The monoisotopic (exact) mass is 201 g/mol. The highest BCUT2D eigenvalue weighted by atomic mass is 35.5. The lowest BCUT2D eigenvalue weighted by Gasteiger charge is -2.06. The summed E-state index contributed by atoms with van der Waals surface area (Å²) >= 11 is 5.83. The number of aromatic amines is 1. The average molecular weight is 202 g/mol. The Kier molecular flexibility index (Phi) is 3.76. The van der Waals surface area contributed by atoms with Crippen molar-refractivity contribution < 1.29 is 4.79 Å². The van der Waals surface area contributed by atoms with Crippen LogP contribution in [0, 0.1) is 0 Å². The highest BCUT2D eigenvalue weighted by molar-refractivity contribution is 6.20. The van der Waals surface area contributed by atoms with Gasteiger partial charge in [-0.15, -0.1) is 11.6 Å². The van der Waals surface area contributed by atoms with Crippen LogP contribution in [-0.4, -0.2) is 28.0 Å². The van der Waals surface area contributed by atoms with Crippen molar-refractivity contribution in [1.29, 1.82) is 0 Å². The summed E-state index contributed by atoms with van der Waals surface area (Å²) in [5, 5.41) is 8.93. The predicted molar refractivity (Wildman–Crippen MR) is 50.9 cm³/mol. The predicted octanol–water partition coefficient (Wildman–Crippen LogP) is 1.16. The van der Waals surface area contributed by atoms with E-state index in [0.717, 1.165) is 6.42 Å². The Balaban J connectivity index is 2.35. The molecule has 0 spiro atoms. The van der Waals surface area contributed by atoms with Gasteiger partial charge in [-0.25, -0.2) is 0 Å². The number of alkyl halides is 1. The van der Waals surface area contributed by atoms with Crippen LogP contribution < -0.4 is 5.32 Å². The number of carbonyl (C=O) groups excluding carboxylic acids is 1. The second-order valence-electron chi connectivity index (χ2n) is 2.69. The highest BCUT2D eigenvalue weighted by Gasteiger charge is 2.07. The smallest absolute Gasteiger partial charge is 0.269 e. The molecule has 0 aliphatic carbocycles. The van der Waals surface area contributed by atoms with Crippen LogP contribution in [0.2, 0.25) is 0 Å². The molecule has 72 valence electrons. The largest absolute Gasteiger partial charge is 0.349 e. The average Bonchev–Trinajstić information content (AvgIpc) is 2.66. The summed E-state index contributed by atoms with van der Waals surface area (Å²) in [6, 6.07) is 1.62. The van der Waals surface area contributed by atoms with Crippen molar-refractivity contribution in [2.24, 2.45) is 0 Å². The number of hydrogen-bond acceptors (Lipinski definition) is 2. The van der Waals surface area contributed by atoms with Crippen molar-refractivity contribution in [3.05, 3.63) is 18.0 Å². The molecule has 0 bridgehead atoms. The van der Waals surface area contributed by atoms with E-state index in [-0.39, 0.29) is 11.3 Å². The Morgan fingerprint density at radius 1 is 1.85 bits per heavy atom. The summed E-state index contributed by atoms with van der Waals surface area (Å²) in [6.07, 6.45) is 2.37. The van der Waals surface area contributed by atoms with Crippen LogP contribution in [0.4, 0.5) is 0 Å². The van der Waals surface area contributed by atoms with Gasteiger partial charge in [0.05, 0.1) is 5.38 Å². The number of aromatic nitrogens is 2. The van der Waals surface area contributed by atoms with Crippen LogP contribution >= 0.6 is 11.6 Å². The molecule has 1 aromatic rings. The van der Waals surface area contributed by atoms with Gasteiger partial charge >= 0.3 is 0 Å². The Labute approximate surface area is 81.7 Å². The first-order valence-electron chi connectivity index (χ1n) is 4.15. The first-order chi connectivity index (χ1) is 6.24. The topological polar surface area (TPSA) is 57.8 Å². The van der Waals surface area contributed by atoms with Crippen LogP contribution in [0.1, 0.15) is 23.8 Å². The van der Waals surface area contributed by atoms with E-state index in [9.17, 15) is 4.79 Å². The Morgan fingerprint density at radius 2 is 2.62 bits per heavy atom. The van der Waals surface area contributed by atoms with Crippen molar-refractivity contribution >= 4 is 17.5 Å². The molecule has 0 aliphatic rings. The Bertz CT molecular complexity index is 260. The molecule has 5 heteroatoms. The molecule has 1 amide bonds. The number of amides is 1. The number of nitrogens with one attached hydrogen (secondary N) is 2. The van der Waals surface area contributed by atoms with Gasteiger partial charge in [0.2, 0.25) is 0 Å². The third-order valence-electron chi connectivity index (χ3n) is 1.67. The minimum absolute atomic E-state index is 0.00753. The third-order valence-corrected chi connectivity index (χ3v) is 2.14. The van der Waals surface area contributed by atoms with E-state index < -0.39 is 0 Å². The first kappa shape index (κ1) is 10.1. The molecule has 0 fully saturated rings. The first-order valence-corrected chi connectivity index (χ1v) is 4.59. The molecule has 2 N–H and O–H groups in total. The van der Waals surface area contributed by atoms with Gasteiger partial charge in [-0.3, -0.25) is 9.89 Å². The quantitative estimate of drug-likeness (QED) is 0.719. The van der Waals surface area contributed by atoms with Crippen LogP contribution in [0.25, 0.3) is 0 Å². The number of carbonyl (C=O) groups is 1. The molecule has 1 aromatic heterocycles. The van der Waals surface area contributed by atoms with E-state index in [1.807, 2.05) is 6.92 Å². The van der Waals surface area contributed by atoms with Gasteiger partial charge in [0, 0.05) is 12.7 Å². The van der Waals surface area contributed by atoms with Gasteiger partial charge in [-0.2, -0.15) is 5.10 Å². The van der Waals surface area contributed by atoms with Gasteiger partial charge in [0.25, 0.3) is 5.91 Å². The molecule has 0 aromatic carbocycles. The van der Waals surface area contributed by atoms with Crippen molar-refractivity contribution in [2.75, 3.05) is 6.54 Å². The number of halogens is 1. The fourth-order valence-corrected chi connectivity index (χ4v) is 0.902. The second-order valence-corrected chi connectivity index (χ2v) is 3.30. The zero-order chi connectivity index (χ0) is 9.68. The van der Waals surface area contributed by atoms with E-state index >= 15 is 0 Å². The molecule has 4 nitrogen and oxygen atoms in total. The maximum absolute atomic E-state index is 11.3. The second kappa shape index (κ2) is 4.87. The molecule has 1 atom stereocenters. The van der Waals surface area contributed by atoms with Gasteiger partial charge in [0.1, 0.15) is 5.69 Å². The molecule has 0 aliphatic heterocycles. The van der Waals surface area contributed by atoms with Crippen LogP contribution in [0.5, 0.6) is 0 Å². The lowest BCUT2D eigenvalue weighted by atomic mass is 10.3.